The van der Waals surface area contributed by atoms with Crippen LogP contribution in [0.1, 0.15) is 30.1 Å². The monoisotopic (exact) mass is 457 g/mol. The number of halogens is 3. The second-order valence-corrected chi connectivity index (χ2v) is 8.10. The summed E-state index contributed by atoms with van der Waals surface area (Å²) in [6.45, 7) is 0.317. The van der Waals surface area contributed by atoms with Gasteiger partial charge in [-0.05, 0) is 48.2 Å². The Bertz CT molecular complexity index is 1040. The van der Waals surface area contributed by atoms with Crippen LogP contribution in [0.5, 0.6) is 11.5 Å². The molecule has 2 unspecified atom stereocenters. The highest BCUT2D eigenvalue weighted by Crippen LogP contribution is 2.31. The Labute approximate surface area is 191 Å². The van der Waals surface area contributed by atoms with E-state index in [1.807, 2.05) is 42.5 Å². The van der Waals surface area contributed by atoms with Gasteiger partial charge >= 0.3 is 6.18 Å². The molecular weight excluding hydrogens is 431 g/mol. The number of aliphatic hydroxyl groups is 1. The number of alkyl halides is 3. The average Bonchev–Trinajstić information content (AvgIpc) is 3.34. The second kappa shape index (κ2) is 10.3. The van der Waals surface area contributed by atoms with E-state index >= 15 is 0 Å². The third-order valence-electron chi connectivity index (χ3n) is 5.56. The molecule has 2 atom stereocenters. The summed E-state index contributed by atoms with van der Waals surface area (Å²) >= 11 is 0. The molecular formula is C26H26F3NO3. The number of ether oxygens (including phenoxy) is 2. The van der Waals surface area contributed by atoms with Crippen molar-refractivity contribution in [2.75, 3.05) is 18.1 Å². The number of para-hydroxylation sites is 1. The van der Waals surface area contributed by atoms with Crippen molar-refractivity contribution in [1.29, 1.82) is 0 Å². The fraction of sp³-hybridized carbons (Fsp3) is 0.308. The molecule has 1 heterocycles. The molecule has 1 aliphatic heterocycles. The second-order valence-electron chi connectivity index (χ2n) is 8.10. The van der Waals surface area contributed by atoms with Crippen molar-refractivity contribution in [3.05, 3.63) is 90.0 Å². The molecule has 1 N–H and O–H groups in total. The van der Waals surface area contributed by atoms with Gasteiger partial charge in [0, 0.05) is 24.9 Å². The quantitative estimate of drug-likeness (QED) is 0.434. The number of hydrogen-bond donors (Lipinski definition) is 1. The molecule has 0 amide bonds. The van der Waals surface area contributed by atoms with Gasteiger partial charge in [0.25, 0.3) is 0 Å². The molecule has 1 fully saturated rings. The normalized spacial score (nSPS) is 17.0. The zero-order valence-electron chi connectivity index (χ0n) is 18.0. The van der Waals surface area contributed by atoms with E-state index in [0.29, 0.717) is 23.8 Å². The third kappa shape index (κ3) is 6.27. The Kier molecular flexibility index (Phi) is 7.20. The molecule has 3 aromatic carbocycles. The van der Waals surface area contributed by atoms with E-state index in [0.717, 1.165) is 24.0 Å². The molecule has 0 aliphatic carbocycles. The van der Waals surface area contributed by atoms with Gasteiger partial charge in [0.15, 0.2) is 6.10 Å². The van der Waals surface area contributed by atoms with E-state index in [1.54, 1.807) is 36.4 Å². The van der Waals surface area contributed by atoms with Crippen molar-refractivity contribution in [2.45, 2.75) is 37.8 Å². The standard InChI is InChI=1S/C26H26F3NO3/c27-26(28,29)25(31)18-30(17-19-7-4-8-20(15-19)24-13-6-14-32-24)21-9-5-12-23(16-21)33-22-10-2-1-3-11-22/h1-5,7-12,15-16,24-25,31H,6,13-14,17-18H2. The lowest BCUT2D eigenvalue weighted by Crippen LogP contribution is -2.40. The average molecular weight is 457 g/mol. The lowest BCUT2D eigenvalue weighted by Gasteiger charge is -2.29. The largest absolute Gasteiger partial charge is 0.457 e. The Balaban J connectivity index is 1.59. The Hall–Kier alpha value is -3.03. The van der Waals surface area contributed by atoms with Gasteiger partial charge in [-0.2, -0.15) is 13.2 Å². The van der Waals surface area contributed by atoms with Crippen molar-refractivity contribution in [3.63, 3.8) is 0 Å². The van der Waals surface area contributed by atoms with E-state index in [2.05, 4.69) is 0 Å². The Morgan fingerprint density at radius 1 is 0.970 bits per heavy atom. The van der Waals surface area contributed by atoms with Crippen molar-refractivity contribution >= 4 is 5.69 Å². The molecule has 4 rings (SSSR count). The van der Waals surface area contributed by atoms with E-state index in [9.17, 15) is 18.3 Å². The van der Waals surface area contributed by atoms with E-state index in [1.165, 1.54) is 4.90 Å². The molecule has 0 radical (unpaired) electrons. The highest BCUT2D eigenvalue weighted by molar-refractivity contribution is 5.52. The SMILES string of the molecule is OC(CN(Cc1cccc(C2CCCO2)c1)c1cccc(Oc2ccccc2)c1)C(F)(F)F. The zero-order chi connectivity index (χ0) is 23.3. The minimum atomic E-state index is -4.71. The molecule has 1 saturated heterocycles. The molecule has 0 bridgehead atoms. The van der Waals surface area contributed by atoms with Crippen molar-refractivity contribution in [1.82, 2.24) is 0 Å². The van der Waals surface area contributed by atoms with Gasteiger partial charge in [0.2, 0.25) is 0 Å². The van der Waals surface area contributed by atoms with Crippen LogP contribution in [0.3, 0.4) is 0 Å². The van der Waals surface area contributed by atoms with E-state index < -0.39 is 18.8 Å². The number of hydrogen-bond acceptors (Lipinski definition) is 4. The smallest absolute Gasteiger partial charge is 0.416 e. The Morgan fingerprint density at radius 2 is 1.73 bits per heavy atom. The summed E-state index contributed by atoms with van der Waals surface area (Å²) in [5.41, 5.74) is 2.38. The lowest BCUT2D eigenvalue weighted by molar-refractivity contribution is -0.200. The van der Waals surface area contributed by atoms with Gasteiger partial charge in [-0.3, -0.25) is 0 Å². The number of rotatable bonds is 8. The molecule has 1 aliphatic rings. The first-order valence-electron chi connectivity index (χ1n) is 10.9. The summed E-state index contributed by atoms with van der Waals surface area (Å²) in [7, 11) is 0. The molecule has 3 aromatic rings. The van der Waals surface area contributed by atoms with Crippen LogP contribution in [-0.4, -0.2) is 30.5 Å². The van der Waals surface area contributed by atoms with Gasteiger partial charge in [0.05, 0.1) is 12.6 Å². The van der Waals surface area contributed by atoms with Gasteiger partial charge < -0.3 is 19.5 Å². The summed E-state index contributed by atoms with van der Waals surface area (Å²) in [6, 6.07) is 23.7. The van der Waals surface area contributed by atoms with Crippen molar-refractivity contribution in [3.8, 4) is 11.5 Å². The van der Waals surface area contributed by atoms with Crippen LogP contribution >= 0.6 is 0 Å². The number of benzene rings is 3. The first kappa shape index (κ1) is 23.1. The van der Waals surface area contributed by atoms with Crippen LogP contribution in [0.15, 0.2) is 78.9 Å². The molecule has 174 valence electrons. The maximum atomic E-state index is 13.2. The summed E-state index contributed by atoms with van der Waals surface area (Å²) < 4.78 is 51.1. The molecule has 33 heavy (non-hydrogen) atoms. The first-order valence-corrected chi connectivity index (χ1v) is 10.9. The summed E-state index contributed by atoms with van der Waals surface area (Å²) in [5.74, 6) is 1.12. The topological polar surface area (TPSA) is 41.9 Å². The number of nitrogens with zero attached hydrogens (tertiary/aromatic N) is 1. The number of anilines is 1. The zero-order valence-corrected chi connectivity index (χ0v) is 18.0. The fourth-order valence-electron chi connectivity index (χ4n) is 3.89. The molecule has 7 heteroatoms. The molecule has 0 saturated carbocycles. The van der Waals surface area contributed by atoms with Gasteiger partial charge in [-0.1, -0.05) is 48.5 Å². The predicted octanol–water partition coefficient (Wildman–Crippen LogP) is 6.26. The van der Waals surface area contributed by atoms with Gasteiger partial charge in [-0.15, -0.1) is 0 Å². The lowest BCUT2D eigenvalue weighted by atomic mass is 10.0. The van der Waals surface area contributed by atoms with Crippen molar-refractivity contribution in [2.24, 2.45) is 0 Å². The third-order valence-corrected chi connectivity index (χ3v) is 5.56. The molecule has 4 nitrogen and oxygen atoms in total. The van der Waals surface area contributed by atoms with E-state index in [-0.39, 0.29) is 12.6 Å². The van der Waals surface area contributed by atoms with Crippen LogP contribution in [-0.2, 0) is 11.3 Å². The van der Waals surface area contributed by atoms with Crippen LogP contribution in [0.2, 0.25) is 0 Å². The predicted molar refractivity (Wildman–Crippen MR) is 120 cm³/mol. The highest BCUT2D eigenvalue weighted by Gasteiger charge is 2.39. The molecule has 0 aromatic heterocycles. The van der Waals surface area contributed by atoms with Crippen molar-refractivity contribution < 1.29 is 27.8 Å². The first-order chi connectivity index (χ1) is 15.9. The van der Waals surface area contributed by atoms with Crippen LogP contribution in [0, 0.1) is 0 Å². The number of aliphatic hydroxyl groups excluding tert-OH is 1. The minimum absolute atomic E-state index is 0.0155. The Morgan fingerprint density at radius 3 is 2.45 bits per heavy atom. The van der Waals surface area contributed by atoms with Crippen LogP contribution in [0.4, 0.5) is 18.9 Å². The summed E-state index contributed by atoms with van der Waals surface area (Å²) in [4.78, 5) is 1.52. The van der Waals surface area contributed by atoms with Crippen LogP contribution < -0.4 is 9.64 Å². The molecule has 0 spiro atoms. The van der Waals surface area contributed by atoms with Gasteiger partial charge in [-0.25, -0.2) is 0 Å². The minimum Gasteiger partial charge on any atom is -0.457 e. The summed E-state index contributed by atoms with van der Waals surface area (Å²) in [5, 5.41) is 9.81. The summed E-state index contributed by atoms with van der Waals surface area (Å²) in [6.07, 6.45) is -5.25. The maximum absolute atomic E-state index is 13.2. The maximum Gasteiger partial charge on any atom is 0.416 e. The fourth-order valence-corrected chi connectivity index (χ4v) is 3.89. The van der Waals surface area contributed by atoms with Gasteiger partial charge in [0.1, 0.15) is 11.5 Å². The highest BCUT2D eigenvalue weighted by atomic mass is 19.4. The van der Waals surface area contributed by atoms with E-state index in [4.69, 9.17) is 9.47 Å². The van der Waals surface area contributed by atoms with Crippen LogP contribution in [0.25, 0.3) is 0 Å².